The summed E-state index contributed by atoms with van der Waals surface area (Å²) in [4.78, 5) is 20.7. The van der Waals surface area contributed by atoms with Crippen LogP contribution in [0.2, 0.25) is 0 Å². The molecule has 0 aliphatic carbocycles. The van der Waals surface area contributed by atoms with Crippen molar-refractivity contribution in [1.82, 2.24) is 0 Å². The average Bonchev–Trinajstić information content (AvgIpc) is 1.88. The highest BCUT2D eigenvalue weighted by Gasteiger charge is 2.04. The van der Waals surface area contributed by atoms with Crippen molar-refractivity contribution in [3.63, 3.8) is 0 Å². The molecule has 0 bridgehead atoms. The maximum atomic E-state index is 10.4. The zero-order chi connectivity index (χ0) is 7.98. The summed E-state index contributed by atoms with van der Waals surface area (Å²) in [7, 11) is 0. The molecule has 0 rings (SSSR count). The molecule has 0 aliphatic heterocycles. The van der Waals surface area contributed by atoms with Crippen LogP contribution in [0, 0.1) is 0 Å². The van der Waals surface area contributed by atoms with Gasteiger partial charge < -0.3 is 4.74 Å². The van der Waals surface area contributed by atoms with Crippen molar-refractivity contribution >= 4 is 23.5 Å². The van der Waals surface area contributed by atoms with E-state index in [-0.39, 0.29) is 12.3 Å². The molecule has 10 heavy (non-hydrogen) atoms. The normalized spacial score (nSPS) is 8.50. The fraction of sp³-hybridized carbons (Fsp3) is 0.333. The second-order valence-corrected chi connectivity index (χ2v) is 1.81. The predicted octanol–water partition coefficient (Wildman–Crippen LogP) is 0.871. The third-order valence-electron chi connectivity index (χ3n) is 0.680. The molecule has 0 saturated carbocycles. The Kier molecular flexibility index (Phi) is 4.58. The van der Waals surface area contributed by atoms with E-state index in [1.54, 1.807) is 0 Å². The van der Waals surface area contributed by atoms with Gasteiger partial charge in [0.15, 0.2) is 0 Å². The molecule has 0 radical (unpaired) electrons. The molecule has 3 nitrogen and oxygen atoms in total. The van der Waals surface area contributed by atoms with Gasteiger partial charge in [-0.3, -0.25) is 4.79 Å². The molecule has 0 spiro atoms. The van der Waals surface area contributed by atoms with E-state index in [0.717, 1.165) is 6.08 Å². The smallest absolute Gasteiger partial charge is 0.337 e. The van der Waals surface area contributed by atoms with Gasteiger partial charge in [-0.25, -0.2) is 4.79 Å². The Balaban J connectivity index is 3.57. The molecular formula is C6H7ClO3. The summed E-state index contributed by atoms with van der Waals surface area (Å²) in [5.74, 6) is -1.21. The van der Waals surface area contributed by atoms with E-state index in [0.29, 0.717) is 0 Å². The Morgan fingerprint density at radius 3 is 2.60 bits per heavy atom. The molecule has 0 aromatic rings. The predicted molar refractivity (Wildman–Crippen MR) is 36.6 cm³/mol. The number of hydrogen-bond donors (Lipinski definition) is 0. The zero-order valence-electron chi connectivity index (χ0n) is 5.30. The minimum Gasteiger partial charge on any atom is -0.390 e. The van der Waals surface area contributed by atoms with Crippen molar-refractivity contribution in [3.8, 4) is 0 Å². The first-order valence-electron chi connectivity index (χ1n) is 2.63. The van der Waals surface area contributed by atoms with Gasteiger partial charge in [-0.1, -0.05) is 6.58 Å². The number of rotatable bonds is 3. The van der Waals surface area contributed by atoms with Crippen molar-refractivity contribution < 1.29 is 14.3 Å². The Morgan fingerprint density at radius 2 is 2.20 bits per heavy atom. The summed E-state index contributed by atoms with van der Waals surface area (Å²) in [5, 5.41) is 0. The Morgan fingerprint density at radius 1 is 1.60 bits per heavy atom. The van der Waals surface area contributed by atoms with Gasteiger partial charge >= 0.3 is 11.9 Å². The lowest BCUT2D eigenvalue weighted by atomic mass is 10.5. The average molecular weight is 163 g/mol. The molecule has 0 heterocycles. The van der Waals surface area contributed by atoms with Gasteiger partial charge in [0.05, 0.1) is 6.42 Å². The lowest BCUT2D eigenvalue weighted by Crippen LogP contribution is -2.09. The lowest BCUT2D eigenvalue weighted by molar-refractivity contribution is -0.155. The monoisotopic (exact) mass is 162 g/mol. The number of alkyl halides is 1. The minimum atomic E-state index is -0.741. The van der Waals surface area contributed by atoms with Gasteiger partial charge in [-0.15, -0.1) is 11.6 Å². The number of carbonyl (C=O) groups is 2. The molecular weight excluding hydrogens is 156 g/mol. The van der Waals surface area contributed by atoms with Crippen LogP contribution < -0.4 is 0 Å². The molecule has 0 amide bonds. The first-order valence-corrected chi connectivity index (χ1v) is 3.17. The number of hydrogen-bond acceptors (Lipinski definition) is 3. The third kappa shape index (κ3) is 4.09. The second-order valence-electron chi connectivity index (χ2n) is 1.44. The van der Waals surface area contributed by atoms with Crippen LogP contribution in [0.4, 0.5) is 0 Å². The summed E-state index contributed by atoms with van der Waals surface area (Å²) in [6.45, 7) is 3.11. The quantitative estimate of drug-likeness (QED) is 0.268. The van der Waals surface area contributed by atoms with Crippen molar-refractivity contribution in [3.05, 3.63) is 12.7 Å². The standard InChI is InChI=1S/C6H7ClO3/c1-2-5(8)10-6(9)3-4-7/h2H,1,3-4H2. The molecule has 4 heteroatoms. The topological polar surface area (TPSA) is 43.4 Å². The second kappa shape index (κ2) is 4.99. The fourth-order valence-corrected chi connectivity index (χ4v) is 0.436. The highest BCUT2D eigenvalue weighted by Crippen LogP contribution is 1.89. The van der Waals surface area contributed by atoms with E-state index < -0.39 is 11.9 Å². The van der Waals surface area contributed by atoms with Gasteiger partial charge in [-0.2, -0.15) is 0 Å². The van der Waals surface area contributed by atoms with Crippen molar-refractivity contribution in [2.45, 2.75) is 6.42 Å². The zero-order valence-corrected chi connectivity index (χ0v) is 6.06. The number of esters is 2. The Labute approximate surface area is 63.6 Å². The SMILES string of the molecule is C=CC(=O)OC(=O)CCCl. The number of carbonyl (C=O) groups excluding carboxylic acids is 2. The molecule has 0 aliphatic rings. The summed E-state index contributed by atoms with van der Waals surface area (Å²) in [6.07, 6.45) is 0.966. The molecule has 0 saturated heterocycles. The van der Waals surface area contributed by atoms with Crippen LogP contribution in [-0.4, -0.2) is 17.8 Å². The Hall–Kier alpha value is -0.830. The molecule has 0 atom stereocenters. The van der Waals surface area contributed by atoms with E-state index in [2.05, 4.69) is 11.3 Å². The summed E-state index contributed by atoms with van der Waals surface area (Å²) in [5.41, 5.74) is 0. The Bertz CT molecular complexity index is 153. The van der Waals surface area contributed by atoms with E-state index >= 15 is 0 Å². The summed E-state index contributed by atoms with van der Waals surface area (Å²) in [6, 6.07) is 0. The van der Waals surface area contributed by atoms with Gasteiger partial charge in [0.25, 0.3) is 0 Å². The molecule has 0 fully saturated rings. The van der Waals surface area contributed by atoms with Crippen molar-refractivity contribution in [2.24, 2.45) is 0 Å². The maximum Gasteiger partial charge on any atom is 0.337 e. The molecule has 0 unspecified atom stereocenters. The van der Waals surface area contributed by atoms with Gasteiger partial charge in [0.1, 0.15) is 0 Å². The third-order valence-corrected chi connectivity index (χ3v) is 0.869. The lowest BCUT2D eigenvalue weighted by Gasteiger charge is -1.94. The molecule has 56 valence electrons. The highest BCUT2D eigenvalue weighted by molar-refractivity contribution is 6.18. The van der Waals surface area contributed by atoms with Crippen LogP contribution in [0.15, 0.2) is 12.7 Å². The van der Waals surface area contributed by atoms with Crippen LogP contribution in [0.5, 0.6) is 0 Å². The van der Waals surface area contributed by atoms with E-state index in [1.165, 1.54) is 0 Å². The first kappa shape index (κ1) is 9.17. The molecule has 0 aromatic carbocycles. The van der Waals surface area contributed by atoms with E-state index in [9.17, 15) is 9.59 Å². The van der Waals surface area contributed by atoms with Crippen molar-refractivity contribution in [2.75, 3.05) is 5.88 Å². The molecule has 0 aromatic heterocycles. The fourth-order valence-electron chi connectivity index (χ4n) is 0.282. The van der Waals surface area contributed by atoms with Crippen LogP contribution in [0.3, 0.4) is 0 Å². The van der Waals surface area contributed by atoms with Gasteiger partial charge in [0, 0.05) is 12.0 Å². The van der Waals surface area contributed by atoms with Crippen LogP contribution in [0.25, 0.3) is 0 Å². The number of ether oxygens (including phenoxy) is 1. The highest BCUT2D eigenvalue weighted by atomic mass is 35.5. The maximum absolute atomic E-state index is 10.4. The number of halogens is 1. The van der Waals surface area contributed by atoms with E-state index in [1.807, 2.05) is 0 Å². The van der Waals surface area contributed by atoms with Crippen molar-refractivity contribution in [1.29, 1.82) is 0 Å². The van der Waals surface area contributed by atoms with Crippen LogP contribution in [0.1, 0.15) is 6.42 Å². The molecule has 0 N–H and O–H groups in total. The summed E-state index contributed by atoms with van der Waals surface area (Å²) < 4.78 is 4.16. The largest absolute Gasteiger partial charge is 0.390 e. The van der Waals surface area contributed by atoms with Gasteiger partial charge in [0.2, 0.25) is 0 Å². The van der Waals surface area contributed by atoms with Crippen LogP contribution in [-0.2, 0) is 14.3 Å². The summed E-state index contributed by atoms with van der Waals surface area (Å²) >= 11 is 5.19. The minimum absolute atomic E-state index is 0.0428. The first-order chi connectivity index (χ1) is 4.70. The van der Waals surface area contributed by atoms with E-state index in [4.69, 9.17) is 11.6 Å². The van der Waals surface area contributed by atoms with Gasteiger partial charge in [-0.05, 0) is 0 Å². The van der Waals surface area contributed by atoms with Crippen LogP contribution >= 0.6 is 11.6 Å².